The predicted molar refractivity (Wildman–Crippen MR) is 229 cm³/mol. The summed E-state index contributed by atoms with van der Waals surface area (Å²) in [7, 11) is 0. The molecule has 8 aromatic carbocycles. The summed E-state index contributed by atoms with van der Waals surface area (Å²) >= 11 is 0. The van der Waals surface area contributed by atoms with E-state index in [1.54, 1.807) is 0 Å². The van der Waals surface area contributed by atoms with Crippen LogP contribution < -0.4 is 5.32 Å². The molecule has 262 valence electrons. The highest BCUT2D eigenvalue weighted by Gasteiger charge is 2.08. The van der Waals surface area contributed by atoms with E-state index in [0.29, 0.717) is 0 Å². The Kier molecular flexibility index (Phi) is 10.7. The average Bonchev–Trinajstić information content (AvgIpc) is 3.58. The summed E-state index contributed by atoms with van der Waals surface area (Å²) in [5.74, 6) is 0. The molecule has 0 unspecified atom stereocenters. The summed E-state index contributed by atoms with van der Waals surface area (Å²) in [5, 5.41) is 6.11. The molecule has 0 fully saturated rings. The molecule has 0 radical (unpaired) electrons. The van der Waals surface area contributed by atoms with Gasteiger partial charge in [-0.2, -0.15) is 0 Å². The van der Waals surface area contributed by atoms with E-state index in [1.165, 1.54) is 66.3 Å². The lowest BCUT2D eigenvalue weighted by atomic mass is 10.0. The Morgan fingerprint density at radius 3 is 0.889 bits per heavy atom. The molecule has 0 aliphatic heterocycles. The highest BCUT2D eigenvalue weighted by atomic mass is 14.9. The molecule has 9 aromatic rings. The van der Waals surface area contributed by atoms with Crippen molar-refractivity contribution in [3.8, 4) is 0 Å². The summed E-state index contributed by atoms with van der Waals surface area (Å²) in [6.07, 6.45) is 3.87. The van der Waals surface area contributed by atoms with Crippen LogP contribution in [0.3, 0.4) is 0 Å². The normalized spacial score (nSPS) is 10.9. The fourth-order valence-electron chi connectivity index (χ4n) is 7.12. The van der Waals surface area contributed by atoms with Crippen molar-refractivity contribution in [3.05, 3.63) is 251 Å². The molecule has 9 rings (SSSR count). The second kappa shape index (κ2) is 16.8. The van der Waals surface area contributed by atoms with Crippen molar-refractivity contribution in [2.75, 3.05) is 5.32 Å². The van der Waals surface area contributed by atoms with Gasteiger partial charge in [0.25, 0.3) is 0 Å². The van der Waals surface area contributed by atoms with Gasteiger partial charge in [-0.25, -0.2) is 0 Å². The van der Waals surface area contributed by atoms with Crippen LogP contribution >= 0.6 is 0 Å². The molecular formula is C52H44N2. The summed E-state index contributed by atoms with van der Waals surface area (Å²) in [5.41, 5.74) is 15.4. The Hall–Kier alpha value is -6.64. The molecule has 54 heavy (non-hydrogen) atoms. The molecule has 0 spiro atoms. The standard InChI is InChI=1S/C26H21N.C26H23N/c1-3-7-19(8-4-1)15-21-11-13-25-23(17-21)24-18-22(12-14-26(24)27-25)16-20-9-5-2-6-10-20;1-3-7-21(8-4-1)19-23-11-15-25(16-12-23)27-26-17-13-24(14-18-26)20-22-9-5-2-6-10-22/h1-14,17-18,27H,15-16H2;1-18,27H,19-20H2. The first-order chi connectivity index (χ1) is 26.7. The van der Waals surface area contributed by atoms with Crippen molar-refractivity contribution < 1.29 is 0 Å². The van der Waals surface area contributed by atoms with E-state index < -0.39 is 0 Å². The van der Waals surface area contributed by atoms with Crippen LogP contribution in [0.2, 0.25) is 0 Å². The molecule has 0 aliphatic carbocycles. The predicted octanol–water partition coefficient (Wildman–Crippen LogP) is 13.1. The van der Waals surface area contributed by atoms with Gasteiger partial charge in [-0.15, -0.1) is 0 Å². The number of fused-ring (bicyclic) bond motifs is 3. The van der Waals surface area contributed by atoms with E-state index in [-0.39, 0.29) is 0 Å². The fraction of sp³-hybridized carbons (Fsp3) is 0.0769. The molecule has 1 heterocycles. The first kappa shape index (κ1) is 34.4. The van der Waals surface area contributed by atoms with E-state index in [1.807, 2.05) is 0 Å². The van der Waals surface area contributed by atoms with E-state index in [9.17, 15) is 0 Å². The van der Waals surface area contributed by atoms with Crippen molar-refractivity contribution in [1.29, 1.82) is 0 Å². The van der Waals surface area contributed by atoms with Crippen LogP contribution in [0.25, 0.3) is 21.8 Å². The largest absolute Gasteiger partial charge is 0.356 e. The van der Waals surface area contributed by atoms with Crippen molar-refractivity contribution in [1.82, 2.24) is 4.98 Å². The molecule has 2 nitrogen and oxygen atoms in total. The molecule has 2 N–H and O–H groups in total. The van der Waals surface area contributed by atoms with Gasteiger partial charge in [-0.3, -0.25) is 0 Å². The molecular weight excluding hydrogens is 653 g/mol. The summed E-state index contributed by atoms with van der Waals surface area (Å²) in [6.45, 7) is 0. The molecule has 0 saturated carbocycles. The van der Waals surface area contributed by atoms with Crippen LogP contribution in [-0.2, 0) is 25.7 Å². The van der Waals surface area contributed by atoms with Gasteiger partial charge in [0, 0.05) is 33.2 Å². The van der Waals surface area contributed by atoms with Crippen molar-refractivity contribution in [2.45, 2.75) is 25.7 Å². The first-order valence-electron chi connectivity index (χ1n) is 18.8. The van der Waals surface area contributed by atoms with Crippen LogP contribution in [0.15, 0.2) is 206 Å². The summed E-state index contributed by atoms with van der Waals surface area (Å²) in [6, 6.07) is 73.4. The second-order valence-corrected chi connectivity index (χ2v) is 14.1. The highest BCUT2D eigenvalue weighted by molar-refractivity contribution is 6.07. The summed E-state index contributed by atoms with van der Waals surface area (Å²) in [4.78, 5) is 3.56. The molecule has 0 aliphatic rings. The van der Waals surface area contributed by atoms with Gasteiger partial charge >= 0.3 is 0 Å². The van der Waals surface area contributed by atoms with Gasteiger partial charge in [0.05, 0.1) is 0 Å². The number of hydrogen-bond acceptors (Lipinski definition) is 1. The van der Waals surface area contributed by atoms with Crippen LogP contribution in [0, 0.1) is 0 Å². The van der Waals surface area contributed by atoms with Crippen molar-refractivity contribution >= 4 is 33.2 Å². The monoisotopic (exact) mass is 696 g/mol. The van der Waals surface area contributed by atoms with Gasteiger partial charge in [0.15, 0.2) is 0 Å². The third-order valence-corrected chi connectivity index (χ3v) is 9.93. The maximum absolute atomic E-state index is 3.56. The number of aromatic amines is 1. The zero-order valence-electron chi connectivity index (χ0n) is 30.5. The Bertz CT molecular complexity index is 2340. The number of anilines is 2. The van der Waals surface area contributed by atoms with Gasteiger partial charge in [-0.05, 0) is 119 Å². The zero-order chi connectivity index (χ0) is 36.4. The number of rotatable bonds is 10. The minimum absolute atomic E-state index is 0.965. The lowest BCUT2D eigenvalue weighted by molar-refractivity contribution is 1.19. The van der Waals surface area contributed by atoms with Crippen LogP contribution in [0.1, 0.15) is 44.5 Å². The number of aromatic nitrogens is 1. The molecule has 2 heteroatoms. The fourth-order valence-corrected chi connectivity index (χ4v) is 7.12. The number of hydrogen-bond donors (Lipinski definition) is 2. The zero-order valence-corrected chi connectivity index (χ0v) is 30.5. The third-order valence-electron chi connectivity index (χ3n) is 9.93. The minimum atomic E-state index is 0.965. The van der Waals surface area contributed by atoms with Gasteiger partial charge in [0.2, 0.25) is 0 Å². The number of benzene rings is 8. The van der Waals surface area contributed by atoms with Crippen LogP contribution in [0.4, 0.5) is 11.4 Å². The number of H-pyrrole nitrogens is 1. The second-order valence-electron chi connectivity index (χ2n) is 14.1. The Morgan fingerprint density at radius 1 is 0.278 bits per heavy atom. The van der Waals surface area contributed by atoms with Crippen LogP contribution in [0.5, 0.6) is 0 Å². The molecule has 0 atom stereocenters. The molecule has 1 aromatic heterocycles. The Labute approximate surface area is 318 Å². The number of nitrogens with one attached hydrogen (secondary N) is 2. The van der Waals surface area contributed by atoms with Gasteiger partial charge < -0.3 is 10.3 Å². The van der Waals surface area contributed by atoms with E-state index in [2.05, 4.69) is 217 Å². The molecule has 0 amide bonds. The Morgan fingerprint density at radius 2 is 0.556 bits per heavy atom. The maximum Gasteiger partial charge on any atom is 0.0465 e. The van der Waals surface area contributed by atoms with E-state index in [0.717, 1.165) is 37.1 Å². The summed E-state index contributed by atoms with van der Waals surface area (Å²) < 4.78 is 0. The highest BCUT2D eigenvalue weighted by Crippen LogP contribution is 2.29. The van der Waals surface area contributed by atoms with Crippen LogP contribution in [-0.4, -0.2) is 4.98 Å². The SMILES string of the molecule is c1ccc(Cc2ccc(Nc3ccc(Cc4ccccc4)cc3)cc2)cc1.c1ccc(Cc2ccc3[nH]c4ccc(Cc5ccccc5)cc4c3c2)cc1. The maximum atomic E-state index is 3.56. The third kappa shape index (κ3) is 9.04. The minimum Gasteiger partial charge on any atom is -0.356 e. The smallest absolute Gasteiger partial charge is 0.0465 e. The van der Waals surface area contributed by atoms with Gasteiger partial charge in [-0.1, -0.05) is 158 Å². The Balaban J connectivity index is 0.000000153. The quantitative estimate of drug-likeness (QED) is 0.146. The molecule has 0 saturated heterocycles. The van der Waals surface area contributed by atoms with Gasteiger partial charge in [0.1, 0.15) is 0 Å². The average molecular weight is 697 g/mol. The van der Waals surface area contributed by atoms with Crippen molar-refractivity contribution in [2.24, 2.45) is 0 Å². The van der Waals surface area contributed by atoms with E-state index >= 15 is 0 Å². The topological polar surface area (TPSA) is 27.8 Å². The lowest BCUT2D eigenvalue weighted by Gasteiger charge is -2.09. The lowest BCUT2D eigenvalue weighted by Crippen LogP contribution is -1.93. The van der Waals surface area contributed by atoms with E-state index in [4.69, 9.17) is 0 Å². The van der Waals surface area contributed by atoms with Crippen molar-refractivity contribution in [3.63, 3.8) is 0 Å². The molecule has 0 bridgehead atoms. The first-order valence-corrected chi connectivity index (χ1v) is 18.8.